The maximum atomic E-state index is 11.8. The van der Waals surface area contributed by atoms with Crippen LogP contribution < -0.4 is 28.3 Å². The Morgan fingerprint density at radius 3 is 1.30 bits per heavy atom. The van der Waals surface area contributed by atoms with Crippen LogP contribution in [0, 0.1) is 0 Å². The molecule has 0 spiro atoms. The zero-order valence-electron chi connectivity index (χ0n) is 16.8. The Kier molecular flexibility index (Phi) is 7.75. The number of halogens is 1. The summed E-state index contributed by atoms with van der Waals surface area (Å²) in [4.78, 5) is 0.872. The van der Waals surface area contributed by atoms with Gasteiger partial charge in [0.25, 0.3) is 0 Å². The van der Waals surface area contributed by atoms with Gasteiger partial charge >= 0.3 is 0 Å². The Morgan fingerprint density at radius 1 is 0.600 bits per heavy atom. The normalized spacial score (nSPS) is 12.1. The van der Waals surface area contributed by atoms with Gasteiger partial charge in [0.05, 0.1) is 6.16 Å². The SMILES string of the molecule is C[S+]([O-])c1ccc(C[P+](c2ccccc2)(c2ccccc2)c2ccccc2)cc1.[Cl-]. The van der Waals surface area contributed by atoms with Crippen LogP contribution in [0.2, 0.25) is 0 Å². The summed E-state index contributed by atoms with van der Waals surface area (Å²) in [5, 5.41) is 4.13. The highest BCUT2D eigenvalue weighted by Crippen LogP contribution is 2.58. The van der Waals surface area contributed by atoms with Gasteiger partial charge in [-0.05, 0) is 65.3 Å². The van der Waals surface area contributed by atoms with Crippen LogP contribution in [0.1, 0.15) is 5.56 Å². The average molecular weight is 451 g/mol. The van der Waals surface area contributed by atoms with E-state index in [9.17, 15) is 4.55 Å². The highest BCUT2D eigenvalue weighted by molar-refractivity contribution is 7.95. The van der Waals surface area contributed by atoms with Crippen molar-refractivity contribution in [2.75, 3.05) is 6.26 Å². The topological polar surface area (TPSA) is 23.1 Å². The molecule has 1 atom stereocenters. The molecule has 0 amide bonds. The standard InChI is InChI=1S/C26H24OPS.ClH/c1-29(27)26-19-17-22(18-20-26)21-28(23-11-5-2-6-12-23,24-13-7-3-8-14-24)25-15-9-4-10-16-25;/h2-20H,21H2,1H3;1H/q+1;/p-1. The monoisotopic (exact) mass is 450 g/mol. The molecule has 0 radical (unpaired) electrons. The molecule has 0 N–H and O–H groups in total. The number of rotatable bonds is 6. The minimum Gasteiger partial charge on any atom is -1.00 e. The molecule has 0 aromatic heterocycles. The van der Waals surface area contributed by atoms with Gasteiger partial charge in [-0.2, -0.15) is 0 Å². The van der Waals surface area contributed by atoms with Gasteiger partial charge in [-0.15, -0.1) is 0 Å². The molecule has 0 heterocycles. The lowest BCUT2D eigenvalue weighted by molar-refractivity contribution is -0.00000685. The first kappa shape index (κ1) is 22.6. The summed E-state index contributed by atoms with van der Waals surface area (Å²) in [7, 11) is -1.89. The van der Waals surface area contributed by atoms with E-state index in [1.54, 1.807) is 6.26 Å². The van der Waals surface area contributed by atoms with Gasteiger partial charge in [-0.1, -0.05) is 66.7 Å². The van der Waals surface area contributed by atoms with Crippen molar-refractivity contribution < 1.29 is 17.0 Å². The smallest absolute Gasteiger partial charge is 0.152 e. The average Bonchev–Trinajstić information content (AvgIpc) is 2.79. The van der Waals surface area contributed by atoms with Crippen LogP contribution >= 0.6 is 7.26 Å². The second kappa shape index (κ2) is 10.3. The molecule has 152 valence electrons. The Morgan fingerprint density at radius 2 is 0.967 bits per heavy atom. The number of hydrogen-bond donors (Lipinski definition) is 0. The van der Waals surface area contributed by atoms with Crippen LogP contribution in [0.15, 0.2) is 120 Å². The first-order valence-electron chi connectivity index (χ1n) is 9.67. The second-order valence-electron chi connectivity index (χ2n) is 7.07. The third kappa shape index (κ3) is 4.63. The van der Waals surface area contributed by atoms with Crippen LogP contribution in [0.3, 0.4) is 0 Å². The van der Waals surface area contributed by atoms with E-state index in [-0.39, 0.29) is 12.4 Å². The van der Waals surface area contributed by atoms with Gasteiger partial charge < -0.3 is 17.0 Å². The number of benzene rings is 4. The number of hydrogen-bond acceptors (Lipinski definition) is 1. The van der Waals surface area contributed by atoms with E-state index in [1.165, 1.54) is 21.5 Å². The van der Waals surface area contributed by atoms with Crippen LogP contribution in [0.4, 0.5) is 0 Å². The molecule has 1 nitrogen and oxygen atoms in total. The Labute approximate surface area is 189 Å². The van der Waals surface area contributed by atoms with Crippen molar-refractivity contribution in [3.05, 3.63) is 121 Å². The lowest BCUT2D eigenvalue weighted by atomic mass is 10.2. The van der Waals surface area contributed by atoms with Crippen molar-refractivity contribution in [2.45, 2.75) is 11.1 Å². The van der Waals surface area contributed by atoms with Gasteiger partial charge in [-0.3, -0.25) is 0 Å². The van der Waals surface area contributed by atoms with Crippen LogP contribution in [-0.2, 0) is 17.3 Å². The molecule has 4 aromatic carbocycles. The molecule has 0 saturated carbocycles. The van der Waals surface area contributed by atoms with Gasteiger partial charge in [0, 0.05) is 0 Å². The van der Waals surface area contributed by atoms with Crippen molar-refractivity contribution in [2.24, 2.45) is 0 Å². The fourth-order valence-electron chi connectivity index (χ4n) is 3.83. The second-order valence-corrected chi connectivity index (χ2v) is 11.9. The zero-order chi connectivity index (χ0) is 20.1. The fourth-order valence-corrected chi connectivity index (χ4v) is 8.59. The quantitative estimate of drug-likeness (QED) is 0.325. The van der Waals surface area contributed by atoms with E-state index in [2.05, 4.69) is 103 Å². The third-order valence-corrected chi connectivity index (χ3v) is 10.6. The molecule has 4 heteroatoms. The predicted octanol–water partition coefficient (Wildman–Crippen LogP) is 1.92. The molecule has 0 fully saturated rings. The van der Waals surface area contributed by atoms with Gasteiger partial charge in [-0.25, -0.2) is 0 Å². The molecule has 0 bridgehead atoms. The molecule has 0 aliphatic carbocycles. The molecule has 0 saturated heterocycles. The highest BCUT2D eigenvalue weighted by atomic mass is 35.5. The van der Waals surface area contributed by atoms with Crippen LogP contribution in [0.25, 0.3) is 0 Å². The van der Waals surface area contributed by atoms with E-state index in [4.69, 9.17) is 0 Å². The summed E-state index contributed by atoms with van der Waals surface area (Å²) in [6, 6.07) is 41.0. The van der Waals surface area contributed by atoms with Crippen molar-refractivity contribution in [1.29, 1.82) is 0 Å². The first-order chi connectivity index (χ1) is 14.2. The largest absolute Gasteiger partial charge is 1.00 e. The molecular weight excluding hydrogens is 427 g/mol. The Bertz CT molecular complexity index is 942. The summed E-state index contributed by atoms with van der Waals surface area (Å²) < 4.78 is 11.8. The molecule has 30 heavy (non-hydrogen) atoms. The van der Waals surface area contributed by atoms with Crippen molar-refractivity contribution in [3.63, 3.8) is 0 Å². The minimum atomic E-state index is -1.89. The van der Waals surface area contributed by atoms with E-state index < -0.39 is 18.4 Å². The van der Waals surface area contributed by atoms with Crippen molar-refractivity contribution in [1.82, 2.24) is 0 Å². The molecule has 0 aliphatic rings. The molecule has 1 unspecified atom stereocenters. The van der Waals surface area contributed by atoms with E-state index in [0.29, 0.717) is 0 Å². The zero-order valence-corrected chi connectivity index (χ0v) is 19.3. The summed E-state index contributed by atoms with van der Waals surface area (Å²) in [5.41, 5.74) is 1.27. The van der Waals surface area contributed by atoms with Crippen molar-refractivity contribution >= 4 is 34.4 Å². The first-order valence-corrected chi connectivity index (χ1v) is 13.2. The van der Waals surface area contributed by atoms with Crippen LogP contribution in [-0.4, -0.2) is 10.8 Å². The predicted molar refractivity (Wildman–Crippen MR) is 128 cm³/mol. The summed E-state index contributed by atoms with van der Waals surface area (Å²) >= 11 is -0.959. The fraction of sp³-hybridized carbons (Fsp3) is 0.0769. The third-order valence-electron chi connectivity index (χ3n) is 5.27. The molecule has 0 aliphatic heterocycles. The van der Waals surface area contributed by atoms with Gasteiger partial charge in [0.15, 0.2) is 4.90 Å². The van der Waals surface area contributed by atoms with E-state index in [0.717, 1.165) is 11.1 Å². The molecule has 4 aromatic rings. The van der Waals surface area contributed by atoms with Gasteiger partial charge in [0.2, 0.25) is 0 Å². The highest BCUT2D eigenvalue weighted by Gasteiger charge is 2.45. The van der Waals surface area contributed by atoms with E-state index in [1.807, 2.05) is 12.1 Å². The lowest BCUT2D eigenvalue weighted by Crippen LogP contribution is -3.00. The minimum absolute atomic E-state index is 0. The van der Waals surface area contributed by atoms with Crippen molar-refractivity contribution in [3.8, 4) is 0 Å². The summed E-state index contributed by atoms with van der Waals surface area (Å²) in [6.07, 6.45) is 2.66. The Hall–Kier alpha value is -2.09. The van der Waals surface area contributed by atoms with Crippen LogP contribution in [0.5, 0.6) is 0 Å². The maximum absolute atomic E-state index is 11.8. The maximum Gasteiger partial charge on any atom is 0.152 e. The van der Waals surface area contributed by atoms with E-state index >= 15 is 0 Å². The Balaban J connectivity index is 0.00000256. The lowest BCUT2D eigenvalue weighted by Gasteiger charge is -2.27. The summed E-state index contributed by atoms with van der Waals surface area (Å²) in [6.45, 7) is 0. The summed E-state index contributed by atoms with van der Waals surface area (Å²) in [5.74, 6) is 0. The van der Waals surface area contributed by atoms with Gasteiger partial charge in [0.1, 0.15) is 29.4 Å². The molecule has 4 rings (SSSR count). The molecular formula is C26H24ClOPS.